The van der Waals surface area contributed by atoms with Crippen LogP contribution in [-0.2, 0) is 0 Å². The van der Waals surface area contributed by atoms with Gasteiger partial charge in [-0.1, -0.05) is 78.9 Å². The molecule has 33 heavy (non-hydrogen) atoms. The van der Waals surface area contributed by atoms with Crippen LogP contribution in [-0.4, -0.2) is 22.1 Å². The van der Waals surface area contributed by atoms with E-state index >= 15 is 0 Å². The summed E-state index contributed by atoms with van der Waals surface area (Å²) in [6.07, 6.45) is 1.65. The molecule has 2 heterocycles. The fourth-order valence-electron chi connectivity index (χ4n) is 4.49. The predicted molar refractivity (Wildman–Crippen MR) is 128 cm³/mol. The topological polar surface area (TPSA) is 83.4 Å². The van der Waals surface area contributed by atoms with Crippen LogP contribution >= 0.6 is 0 Å². The molecule has 0 unspecified atom stereocenters. The number of aromatic hydroxyl groups is 1. The molecule has 0 spiro atoms. The van der Waals surface area contributed by atoms with Crippen molar-refractivity contribution in [3.8, 4) is 5.75 Å². The van der Waals surface area contributed by atoms with E-state index in [1.165, 1.54) is 0 Å². The minimum Gasteiger partial charge on any atom is -0.502 e. The Bertz CT molecular complexity index is 1300. The molecule has 0 saturated heterocycles. The van der Waals surface area contributed by atoms with Crippen LogP contribution in [0.4, 0.5) is 11.4 Å². The lowest BCUT2D eigenvalue weighted by Crippen LogP contribution is -2.43. The highest BCUT2D eigenvalue weighted by Crippen LogP contribution is 2.38. The van der Waals surface area contributed by atoms with Gasteiger partial charge in [0.05, 0.1) is 6.04 Å². The molecule has 0 saturated carbocycles. The summed E-state index contributed by atoms with van der Waals surface area (Å²) >= 11 is 0. The number of para-hydroxylation sites is 1. The Labute approximate surface area is 191 Å². The lowest BCUT2D eigenvalue weighted by Gasteiger charge is -2.35. The maximum absolute atomic E-state index is 12.9. The maximum atomic E-state index is 12.9. The zero-order valence-electron chi connectivity index (χ0n) is 17.8. The van der Waals surface area contributed by atoms with Crippen molar-refractivity contribution in [3.05, 3.63) is 124 Å². The van der Waals surface area contributed by atoms with Crippen LogP contribution in [0.5, 0.6) is 5.75 Å². The molecule has 6 heteroatoms. The third-order valence-electron chi connectivity index (χ3n) is 6.01. The first kappa shape index (κ1) is 20.6. The second kappa shape index (κ2) is 8.67. The highest BCUT2D eigenvalue weighted by atomic mass is 16.3. The van der Waals surface area contributed by atoms with Crippen LogP contribution in [0.25, 0.3) is 0 Å². The number of amides is 1. The van der Waals surface area contributed by atoms with E-state index in [9.17, 15) is 14.7 Å². The Morgan fingerprint density at radius 3 is 1.97 bits per heavy atom. The minimum absolute atomic E-state index is 0.0216. The Morgan fingerprint density at radius 2 is 1.39 bits per heavy atom. The molecule has 0 fully saturated rings. The van der Waals surface area contributed by atoms with Crippen LogP contribution in [0.15, 0.2) is 102 Å². The Morgan fingerprint density at radius 1 is 0.848 bits per heavy atom. The van der Waals surface area contributed by atoms with Crippen molar-refractivity contribution in [2.24, 2.45) is 0 Å². The van der Waals surface area contributed by atoms with E-state index in [0.29, 0.717) is 12.2 Å². The quantitative estimate of drug-likeness (QED) is 0.432. The van der Waals surface area contributed by atoms with Gasteiger partial charge in [-0.2, -0.15) is 0 Å². The van der Waals surface area contributed by atoms with E-state index in [1.54, 1.807) is 10.8 Å². The molecule has 164 valence electrons. The van der Waals surface area contributed by atoms with E-state index in [4.69, 9.17) is 0 Å². The smallest absolute Gasteiger partial charge is 0.272 e. The van der Waals surface area contributed by atoms with Crippen molar-refractivity contribution in [1.82, 2.24) is 9.88 Å². The van der Waals surface area contributed by atoms with E-state index in [2.05, 4.69) is 34.9 Å². The van der Waals surface area contributed by atoms with Gasteiger partial charge in [0, 0.05) is 24.3 Å². The van der Waals surface area contributed by atoms with E-state index in [-0.39, 0.29) is 23.3 Å². The number of pyridine rings is 1. The molecular weight excluding hydrogens is 414 g/mol. The first-order valence-electron chi connectivity index (χ1n) is 10.8. The predicted octanol–water partition coefficient (Wildman–Crippen LogP) is 4.41. The zero-order valence-corrected chi connectivity index (χ0v) is 17.8. The van der Waals surface area contributed by atoms with Crippen molar-refractivity contribution in [2.45, 2.75) is 12.0 Å². The molecule has 1 aliphatic heterocycles. The van der Waals surface area contributed by atoms with Crippen LogP contribution in [0.2, 0.25) is 0 Å². The summed E-state index contributed by atoms with van der Waals surface area (Å²) in [5.41, 5.74) is 2.44. The molecular formula is C27H23N3O3. The number of nitrogens with zero attached hydrogens (tertiary/aromatic N) is 1. The largest absolute Gasteiger partial charge is 0.502 e. The Balaban J connectivity index is 1.68. The summed E-state index contributed by atoms with van der Waals surface area (Å²) < 4.78 is 1.74. The summed E-state index contributed by atoms with van der Waals surface area (Å²) in [6, 6.07) is 29.1. The molecule has 0 bridgehead atoms. The number of fused-ring (bicyclic) bond motifs is 1. The highest BCUT2D eigenvalue weighted by Gasteiger charge is 2.35. The summed E-state index contributed by atoms with van der Waals surface area (Å²) in [6.45, 7) is 0.355. The molecule has 0 radical (unpaired) electrons. The van der Waals surface area contributed by atoms with E-state index in [1.807, 2.05) is 66.7 Å². The number of rotatable bonds is 5. The van der Waals surface area contributed by atoms with Crippen LogP contribution in [0.1, 0.15) is 33.6 Å². The van der Waals surface area contributed by atoms with E-state index in [0.717, 1.165) is 11.1 Å². The lowest BCUT2D eigenvalue weighted by atomic mass is 9.83. The number of anilines is 2. The maximum Gasteiger partial charge on any atom is 0.272 e. The van der Waals surface area contributed by atoms with E-state index < -0.39 is 17.1 Å². The third kappa shape index (κ3) is 3.87. The van der Waals surface area contributed by atoms with Gasteiger partial charge in [-0.3, -0.25) is 9.59 Å². The minimum atomic E-state index is -0.614. The molecule has 1 atom stereocenters. The lowest BCUT2D eigenvalue weighted by molar-refractivity contribution is 0.0905. The van der Waals surface area contributed by atoms with Gasteiger partial charge in [-0.05, 0) is 23.3 Å². The standard InChI is InChI=1S/C27H23N3O3/c31-25-21(29-20-14-8-3-9-15-20)17-30-22(16-28-27(33)24(30)26(25)32)23(18-10-4-1-5-11-18)19-12-6-2-7-13-19/h1-15,17,22-23,29,32H,16H2,(H,28,33)/t22-/m1/s1. The van der Waals surface area contributed by atoms with Crippen LogP contribution in [0, 0.1) is 0 Å². The van der Waals surface area contributed by atoms with Gasteiger partial charge >= 0.3 is 0 Å². The van der Waals surface area contributed by atoms with Gasteiger partial charge in [-0.15, -0.1) is 0 Å². The number of carbonyl (C=O) groups is 1. The monoisotopic (exact) mass is 437 g/mol. The fourth-order valence-corrected chi connectivity index (χ4v) is 4.49. The Hall–Kier alpha value is -4.32. The van der Waals surface area contributed by atoms with Crippen molar-refractivity contribution in [2.75, 3.05) is 11.9 Å². The Kier molecular flexibility index (Phi) is 5.40. The summed E-state index contributed by atoms with van der Waals surface area (Å²) in [4.78, 5) is 25.6. The molecule has 5 rings (SSSR count). The molecule has 3 aromatic carbocycles. The van der Waals surface area contributed by atoms with Gasteiger partial charge in [0.25, 0.3) is 5.91 Å². The second-order valence-corrected chi connectivity index (χ2v) is 8.04. The van der Waals surface area contributed by atoms with Crippen molar-refractivity contribution >= 4 is 17.3 Å². The summed E-state index contributed by atoms with van der Waals surface area (Å²) in [5.74, 6) is -1.14. The summed E-state index contributed by atoms with van der Waals surface area (Å²) in [5, 5.41) is 16.7. The van der Waals surface area contributed by atoms with Gasteiger partial charge in [0.1, 0.15) is 5.69 Å². The number of carbonyl (C=O) groups excluding carboxylic acids is 1. The average molecular weight is 437 g/mol. The fraction of sp³-hybridized carbons (Fsp3) is 0.111. The highest BCUT2D eigenvalue weighted by molar-refractivity contribution is 5.96. The summed E-state index contributed by atoms with van der Waals surface area (Å²) in [7, 11) is 0. The average Bonchev–Trinajstić information content (AvgIpc) is 2.86. The molecule has 6 nitrogen and oxygen atoms in total. The van der Waals surface area contributed by atoms with Crippen LogP contribution in [0.3, 0.4) is 0 Å². The number of benzene rings is 3. The zero-order chi connectivity index (χ0) is 22.8. The third-order valence-corrected chi connectivity index (χ3v) is 6.01. The molecule has 0 aliphatic carbocycles. The van der Waals surface area contributed by atoms with Gasteiger partial charge in [0.2, 0.25) is 5.43 Å². The first-order valence-corrected chi connectivity index (χ1v) is 10.8. The SMILES string of the molecule is O=C1NC[C@H](C(c2ccccc2)c2ccccc2)n2cc(Nc3ccccc3)c(=O)c(O)c21. The van der Waals surface area contributed by atoms with Crippen molar-refractivity contribution < 1.29 is 9.90 Å². The molecule has 4 aromatic rings. The number of hydrogen-bond donors (Lipinski definition) is 3. The normalized spacial score (nSPS) is 15.1. The molecule has 1 aromatic heterocycles. The first-order chi connectivity index (χ1) is 16.1. The van der Waals surface area contributed by atoms with Crippen molar-refractivity contribution in [3.63, 3.8) is 0 Å². The van der Waals surface area contributed by atoms with Crippen LogP contribution < -0.4 is 16.1 Å². The number of aromatic nitrogens is 1. The van der Waals surface area contributed by atoms with Crippen molar-refractivity contribution in [1.29, 1.82) is 0 Å². The molecule has 1 amide bonds. The number of nitrogens with one attached hydrogen (secondary N) is 2. The number of hydrogen-bond acceptors (Lipinski definition) is 4. The second-order valence-electron chi connectivity index (χ2n) is 8.04. The van der Waals surface area contributed by atoms with Gasteiger partial charge < -0.3 is 20.3 Å². The molecule has 3 N–H and O–H groups in total. The molecule has 1 aliphatic rings. The van der Waals surface area contributed by atoms with Gasteiger partial charge in [-0.25, -0.2) is 0 Å². The van der Waals surface area contributed by atoms with Gasteiger partial charge in [0.15, 0.2) is 11.4 Å².